The molecule has 1 aromatic heterocycles. The van der Waals surface area contributed by atoms with Gasteiger partial charge in [0.15, 0.2) is 5.11 Å². The van der Waals surface area contributed by atoms with E-state index >= 15 is 0 Å². The molecule has 1 aliphatic rings. The molecule has 0 saturated carbocycles. The van der Waals surface area contributed by atoms with Crippen molar-refractivity contribution in [3.05, 3.63) is 50.6 Å². The summed E-state index contributed by atoms with van der Waals surface area (Å²) in [7, 11) is 0. The first-order valence-electron chi connectivity index (χ1n) is 8.34. The van der Waals surface area contributed by atoms with Gasteiger partial charge in [-0.25, -0.2) is 0 Å². The van der Waals surface area contributed by atoms with Gasteiger partial charge in [-0.2, -0.15) is 0 Å². The van der Waals surface area contributed by atoms with E-state index in [1.165, 1.54) is 17.7 Å². The van der Waals surface area contributed by atoms with Crippen LogP contribution >= 0.6 is 46.8 Å². The van der Waals surface area contributed by atoms with Crippen molar-refractivity contribution >= 4 is 57.6 Å². The van der Waals surface area contributed by atoms with Crippen molar-refractivity contribution in [2.45, 2.75) is 31.8 Å². The fourth-order valence-corrected chi connectivity index (χ4v) is 4.81. The smallest absolute Gasteiger partial charge is 0.171 e. The zero-order chi connectivity index (χ0) is 17.8. The Morgan fingerprint density at radius 3 is 2.60 bits per heavy atom. The number of benzene rings is 1. The van der Waals surface area contributed by atoms with Crippen molar-refractivity contribution < 1.29 is 0 Å². The molecule has 0 spiro atoms. The zero-order valence-electron chi connectivity index (χ0n) is 14.0. The summed E-state index contributed by atoms with van der Waals surface area (Å²) < 4.78 is 0. The molecule has 2 aromatic rings. The van der Waals surface area contributed by atoms with Gasteiger partial charge in [0.25, 0.3) is 0 Å². The molecule has 0 amide bonds. The van der Waals surface area contributed by atoms with E-state index in [-0.39, 0.29) is 6.04 Å². The Kier molecular flexibility index (Phi) is 6.58. The van der Waals surface area contributed by atoms with Gasteiger partial charge in [0, 0.05) is 16.6 Å². The number of anilines is 1. The topological polar surface area (TPSA) is 27.3 Å². The van der Waals surface area contributed by atoms with E-state index in [2.05, 4.69) is 40.0 Å². The monoisotopic (exact) mass is 413 g/mol. The molecule has 0 unspecified atom stereocenters. The first-order valence-corrected chi connectivity index (χ1v) is 10.4. The maximum absolute atomic E-state index is 6.07. The van der Waals surface area contributed by atoms with Crippen LogP contribution in [0.4, 0.5) is 5.69 Å². The lowest BCUT2D eigenvalue weighted by Gasteiger charge is -2.33. The molecule has 0 radical (unpaired) electrons. The number of nitrogens with zero attached hydrogens (tertiary/aromatic N) is 1. The van der Waals surface area contributed by atoms with Crippen molar-refractivity contribution in [3.8, 4) is 0 Å². The molecule has 1 fully saturated rings. The third-order valence-electron chi connectivity index (χ3n) is 4.38. The third kappa shape index (κ3) is 4.86. The summed E-state index contributed by atoms with van der Waals surface area (Å²) in [6.07, 6.45) is 2.53. The molecule has 0 aliphatic carbocycles. The Labute approximate surface area is 168 Å². The minimum atomic E-state index is 0.194. The highest BCUT2D eigenvalue weighted by molar-refractivity contribution is 7.80. The number of hydrogen-bond acceptors (Lipinski definition) is 3. The lowest BCUT2D eigenvalue weighted by atomic mass is 10.1. The largest absolute Gasteiger partial charge is 0.358 e. The van der Waals surface area contributed by atoms with Crippen LogP contribution in [-0.2, 0) is 0 Å². The van der Waals surface area contributed by atoms with Crippen LogP contribution in [0.25, 0.3) is 0 Å². The quantitative estimate of drug-likeness (QED) is 0.626. The van der Waals surface area contributed by atoms with Crippen molar-refractivity contribution in [2.24, 2.45) is 0 Å². The summed E-state index contributed by atoms with van der Waals surface area (Å²) in [5, 5.41) is 10.4. The Morgan fingerprint density at radius 2 is 1.96 bits per heavy atom. The van der Waals surface area contributed by atoms with Crippen molar-refractivity contribution in [1.82, 2.24) is 10.2 Å². The minimum absolute atomic E-state index is 0.194. The van der Waals surface area contributed by atoms with Gasteiger partial charge in [-0.15, -0.1) is 11.3 Å². The first-order chi connectivity index (χ1) is 12.0. The molecule has 3 nitrogen and oxygen atoms in total. The Hall–Kier alpha value is -0.850. The second-order valence-electron chi connectivity index (χ2n) is 6.22. The summed E-state index contributed by atoms with van der Waals surface area (Å²) in [4.78, 5) is 3.92. The number of hydrogen-bond donors (Lipinski definition) is 2. The van der Waals surface area contributed by atoms with Crippen LogP contribution in [-0.4, -0.2) is 29.1 Å². The highest BCUT2D eigenvalue weighted by Crippen LogP contribution is 2.31. The number of thiocarbonyl (C=S) groups is 1. The van der Waals surface area contributed by atoms with Gasteiger partial charge in [0.1, 0.15) is 0 Å². The lowest BCUT2D eigenvalue weighted by Crippen LogP contribution is -2.45. The fourth-order valence-electron chi connectivity index (χ4n) is 3.25. The van der Waals surface area contributed by atoms with Gasteiger partial charge in [-0.3, -0.25) is 4.90 Å². The summed E-state index contributed by atoms with van der Waals surface area (Å²) in [5.74, 6) is 0. The second kappa shape index (κ2) is 8.69. The molecular weight excluding hydrogens is 393 g/mol. The number of rotatable bonds is 5. The molecule has 2 N–H and O–H groups in total. The SMILES string of the molecule is C[C@@H](NC(=S)Nc1ccc(Cl)c(Cl)c1)[C@H](c1cccs1)N1CCCC1. The molecule has 25 heavy (non-hydrogen) atoms. The van der Waals surface area contributed by atoms with Gasteiger partial charge < -0.3 is 10.6 Å². The number of halogens is 2. The number of thiophene rings is 1. The second-order valence-corrected chi connectivity index (χ2v) is 8.42. The molecular formula is C18H21Cl2N3S2. The molecule has 1 aliphatic heterocycles. The molecule has 2 heterocycles. The van der Waals surface area contributed by atoms with Gasteiger partial charge in [0.05, 0.1) is 16.1 Å². The Morgan fingerprint density at radius 1 is 1.20 bits per heavy atom. The summed E-state index contributed by atoms with van der Waals surface area (Å²) in [6, 6.07) is 10.3. The summed E-state index contributed by atoms with van der Waals surface area (Å²) in [6.45, 7) is 4.47. The highest BCUT2D eigenvalue weighted by atomic mass is 35.5. The molecule has 134 valence electrons. The molecule has 3 rings (SSSR count). The van der Waals surface area contributed by atoms with E-state index in [0.717, 1.165) is 18.8 Å². The van der Waals surface area contributed by atoms with Crippen LogP contribution in [0.1, 0.15) is 30.7 Å². The van der Waals surface area contributed by atoms with Crippen LogP contribution < -0.4 is 10.6 Å². The number of nitrogens with one attached hydrogen (secondary N) is 2. The Balaban J connectivity index is 1.66. The first kappa shape index (κ1) is 18.9. The van der Waals surface area contributed by atoms with Gasteiger partial charge in [0.2, 0.25) is 0 Å². The molecule has 1 aromatic carbocycles. The zero-order valence-corrected chi connectivity index (χ0v) is 17.1. The van der Waals surface area contributed by atoms with E-state index < -0.39 is 0 Å². The maximum Gasteiger partial charge on any atom is 0.171 e. The average molecular weight is 414 g/mol. The third-order valence-corrected chi connectivity index (χ3v) is 6.28. The van der Waals surface area contributed by atoms with Gasteiger partial charge in [-0.1, -0.05) is 29.3 Å². The van der Waals surface area contributed by atoms with Crippen LogP contribution in [0.2, 0.25) is 10.0 Å². The average Bonchev–Trinajstić information content (AvgIpc) is 3.25. The van der Waals surface area contributed by atoms with Crippen LogP contribution in [0.3, 0.4) is 0 Å². The van der Waals surface area contributed by atoms with Crippen LogP contribution in [0.15, 0.2) is 35.7 Å². The van der Waals surface area contributed by atoms with Crippen LogP contribution in [0, 0.1) is 0 Å². The normalized spacial score (nSPS) is 17.2. The van der Waals surface area contributed by atoms with E-state index in [9.17, 15) is 0 Å². The molecule has 1 saturated heterocycles. The van der Waals surface area contributed by atoms with E-state index in [1.54, 1.807) is 23.5 Å². The predicted molar refractivity (Wildman–Crippen MR) is 113 cm³/mol. The molecule has 7 heteroatoms. The fraction of sp³-hybridized carbons (Fsp3) is 0.389. The number of likely N-dealkylation sites (tertiary alicyclic amines) is 1. The highest BCUT2D eigenvalue weighted by Gasteiger charge is 2.29. The standard InChI is InChI=1S/C18H21Cl2N3S2/c1-12(17(16-5-4-10-25-16)23-8-2-3-9-23)21-18(24)22-13-6-7-14(19)15(20)11-13/h4-7,10-12,17H,2-3,8-9H2,1H3,(H2,21,22,24)/t12-,17-/m1/s1. The van der Waals surface area contributed by atoms with E-state index in [0.29, 0.717) is 21.2 Å². The van der Waals surface area contributed by atoms with Gasteiger partial charge >= 0.3 is 0 Å². The summed E-state index contributed by atoms with van der Waals surface area (Å²) >= 11 is 19.3. The predicted octanol–water partition coefficient (Wildman–Crippen LogP) is 5.57. The maximum atomic E-state index is 6.07. The van der Waals surface area contributed by atoms with Crippen LogP contribution in [0.5, 0.6) is 0 Å². The van der Waals surface area contributed by atoms with Gasteiger partial charge in [-0.05, 0) is 74.7 Å². The van der Waals surface area contributed by atoms with Crippen molar-refractivity contribution in [3.63, 3.8) is 0 Å². The van der Waals surface area contributed by atoms with Crippen molar-refractivity contribution in [2.75, 3.05) is 18.4 Å². The van der Waals surface area contributed by atoms with E-state index in [1.807, 2.05) is 6.07 Å². The van der Waals surface area contributed by atoms with E-state index in [4.69, 9.17) is 35.4 Å². The lowest BCUT2D eigenvalue weighted by molar-refractivity contribution is 0.214. The molecule has 0 bridgehead atoms. The van der Waals surface area contributed by atoms with Crippen molar-refractivity contribution in [1.29, 1.82) is 0 Å². The Bertz CT molecular complexity index is 715. The summed E-state index contributed by atoms with van der Waals surface area (Å²) in [5.41, 5.74) is 0.827. The minimum Gasteiger partial charge on any atom is -0.358 e. The molecule has 2 atom stereocenters.